The number of nitrogens with one attached hydrogen (secondary N) is 1. The summed E-state index contributed by atoms with van der Waals surface area (Å²) < 4.78 is 6.81. The van der Waals surface area contributed by atoms with Gasteiger partial charge in [-0.15, -0.1) is 0 Å². The smallest absolute Gasteiger partial charge is 0.244 e. The fourth-order valence-corrected chi connectivity index (χ4v) is 2.89. The van der Waals surface area contributed by atoms with Crippen LogP contribution in [0.1, 0.15) is 26.2 Å². The first-order valence-electron chi connectivity index (χ1n) is 8.29. The average molecular weight is 330 g/mol. The lowest BCUT2D eigenvalue weighted by Crippen LogP contribution is -2.49. The van der Waals surface area contributed by atoms with Crippen molar-refractivity contribution in [1.82, 2.24) is 20.0 Å². The Labute approximate surface area is 140 Å². The van der Waals surface area contributed by atoms with Crippen LogP contribution in [0, 0.1) is 0 Å². The van der Waals surface area contributed by atoms with Crippen molar-refractivity contribution in [1.29, 1.82) is 0 Å². The van der Waals surface area contributed by atoms with E-state index in [1.54, 1.807) is 31.5 Å². The molecule has 1 aliphatic rings. The molecule has 0 saturated carbocycles. The number of aromatic nitrogens is 2. The van der Waals surface area contributed by atoms with Gasteiger partial charge < -0.3 is 14.6 Å². The van der Waals surface area contributed by atoms with Gasteiger partial charge >= 0.3 is 0 Å². The Morgan fingerprint density at radius 1 is 1.29 bits per heavy atom. The van der Waals surface area contributed by atoms with Crippen molar-refractivity contribution in [2.75, 3.05) is 13.1 Å². The minimum Gasteiger partial charge on any atom is -0.463 e. The van der Waals surface area contributed by atoms with Crippen LogP contribution in [0.4, 0.5) is 0 Å². The Morgan fingerprint density at radius 3 is 2.79 bits per heavy atom. The predicted octanol–water partition coefficient (Wildman–Crippen LogP) is 1.66. The maximum Gasteiger partial charge on any atom is 0.244 e. The molecule has 0 bridgehead atoms. The Balaban J connectivity index is 1.52. The second kappa shape index (κ2) is 7.33. The molecule has 7 nitrogen and oxygen atoms in total. The van der Waals surface area contributed by atoms with Crippen molar-refractivity contribution in [3.05, 3.63) is 30.7 Å². The van der Waals surface area contributed by atoms with Crippen molar-refractivity contribution in [3.63, 3.8) is 0 Å². The van der Waals surface area contributed by atoms with E-state index in [0.29, 0.717) is 11.5 Å². The number of likely N-dealkylation sites (tertiary alicyclic amines) is 1. The third kappa shape index (κ3) is 3.84. The predicted molar refractivity (Wildman–Crippen MR) is 88.0 cm³/mol. The molecule has 1 atom stereocenters. The number of hydrogen-bond donors (Lipinski definition) is 1. The first-order chi connectivity index (χ1) is 11.6. The molecule has 1 fully saturated rings. The van der Waals surface area contributed by atoms with E-state index in [-0.39, 0.29) is 18.4 Å². The van der Waals surface area contributed by atoms with Crippen molar-refractivity contribution in [2.45, 2.75) is 38.8 Å². The Hall–Kier alpha value is -2.57. The highest BCUT2D eigenvalue weighted by Gasteiger charge is 2.23. The molecule has 24 heavy (non-hydrogen) atoms. The lowest BCUT2D eigenvalue weighted by atomic mass is 10.1. The molecule has 2 aromatic rings. The molecular formula is C17H22N4O3. The van der Waals surface area contributed by atoms with Gasteiger partial charge in [-0.05, 0) is 44.4 Å². The van der Waals surface area contributed by atoms with Gasteiger partial charge in [0.2, 0.25) is 11.8 Å². The lowest BCUT2D eigenvalue weighted by molar-refractivity contribution is -0.136. The van der Waals surface area contributed by atoms with Crippen LogP contribution in [0.3, 0.4) is 0 Å². The molecule has 2 aromatic heterocycles. The Morgan fingerprint density at radius 2 is 2.08 bits per heavy atom. The van der Waals surface area contributed by atoms with Crippen LogP contribution >= 0.6 is 0 Å². The van der Waals surface area contributed by atoms with Crippen LogP contribution in [0.5, 0.6) is 0 Å². The quantitative estimate of drug-likeness (QED) is 0.904. The van der Waals surface area contributed by atoms with Crippen LogP contribution in [0.15, 0.2) is 35.1 Å². The van der Waals surface area contributed by atoms with Gasteiger partial charge in [-0.25, -0.2) is 0 Å². The highest BCUT2D eigenvalue weighted by atomic mass is 16.3. The topological polar surface area (TPSA) is 80.4 Å². The number of carbonyl (C=O) groups excluding carboxylic acids is 2. The molecule has 0 radical (unpaired) electrons. The minimum atomic E-state index is -0.518. The van der Waals surface area contributed by atoms with Crippen molar-refractivity contribution >= 4 is 11.8 Å². The number of amides is 2. The molecule has 3 rings (SSSR count). The summed E-state index contributed by atoms with van der Waals surface area (Å²) in [5, 5.41) is 7.06. The molecule has 1 saturated heterocycles. The van der Waals surface area contributed by atoms with Crippen molar-refractivity contribution in [3.8, 4) is 11.5 Å². The van der Waals surface area contributed by atoms with Gasteiger partial charge in [-0.2, -0.15) is 5.10 Å². The van der Waals surface area contributed by atoms with Crippen LogP contribution in [0.25, 0.3) is 11.5 Å². The van der Waals surface area contributed by atoms with Crippen LogP contribution in [-0.2, 0) is 16.1 Å². The summed E-state index contributed by atoms with van der Waals surface area (Å²) in [4.78, 5) is 26.3. The summed E-state index contributed by atoms with van der Waals surface area (Å²) in [6, 6.07) is 4.87. The van der Waals surface area contributed by atoms with E-state index < -0.39 is 6.04 Å². The van der Waals surface area contributed by atoms with Gasteiger partial charge in [0.25, 0.3) is 0 Å². The molecule has 128 valence electrons. The second-order valence-corrected chi connectivity index (χ2v) is 6.05. The second-order valence-electron chi connectivity index (χ2n) is 6.05. The molecule has 3 heterocycles. The van der Waals surface area contributed by atoms with Gasteiger partial charge in [-0.1, -0.05) is 0 Å². The number of hydrogen-bond acceptors (Lipinski definition) is 4. The van der Waals surface area contributed by atoms with Gasteiger partial charge in [0.1, 0.15) is 18.3 Å². The van der Waals surface area contributed by atoms with Crippen LogP contribution < -0.4 is 5.32 Å². The monoisotopic (exact) mass is 330 g/mol. The van der Waals surface area contributed by atoms with Crippen LogP contribution in [0.2, 0.25) is 0 Å². The van der Waals surface area contributed by atoms with Gasteiger partial charge in [0, 0.05) is 19.3 Å². The highest BCUT2D eigenvalue weighted by molar-refractivity contribution is 5.87. The van der Waals surface area contributed by atoms with E-state index in [1.807, 2.05) is 11.0 Å². The molecule has 0 spiro atoms. The van der Waals surface area contributed by atoms with Gasteiger partial charge in [0.15, 0.2) is 5.76 Å². The first kappa shape index (κ1) is 16.3. The number of nitrogens with zero attached hydrogens (tertiary/aromatic N) is 3. The maximum atomic E-state index is 12.3. The number of rotatable bonds is 5. The molecule has 1 N–H and O–H groups in total. The maximum absolute atomic E-state index is 12.3. The standard InChI is InChI=1S/C17H22N4O3/c1-13(17(23)20-8-3-2-4-9-20)18-16(22)12-21-10-7-14(19-21)15-6-5-11-24-15/h5-7,10-11,13H,2-4,8-9,12H2,1H3,(H,18,22)/t13-/m0/s1. The normalized spacial score (nSPS) is 16.0. The van der Waals surface area contributed by atoms with E-state index in [9.17, 15) is 9.59 Å². The van der Waals surface area contributed by atoms with E-state index >= 15 is 0 Å². The fourth-order valence-electron chi connectivity index (χ4n) is 2.89. The summed E-state index contributed by atoms with van der Waals surface area (Å²) in [7, 11) is 0. The summed E-state index contributed by atoms with van der Waals surface area (Å²) in [5.41, 5.74) is 0.672. The lowest BCUT2D eigenvalue weighted by Gasteiger charge is -2.29. The molecule has 0 aromatic carbocycles. The summed E-state index contributed by atoms with van der Waals surface area (Å²) in [5.74, 6) is 0.407. The third-order valence-corrected chi connectivity index (χ3v) is 4.14. The number of furan rings is 1. The largest absolute Gasteiger partial charge is 0.463 e. The van der Waals surface area contributed by atoms with E-state index in [4.69, 9.17) is 4.42 Å². The Kier molecular flexibility index (Phi) is 4.98. The zero-order valence-electron chi connectivity index (χ0n) is 13.8. The van der Waals surface area contributed by atoms with Crippen molar-refractivity contribution in [2.24, 2.45) is 0 Å². The molecule has 1 aliphatic heterocycles. The third-order valence-electron chi connectivity index (χ3n) is 4.14. The zero-order chi connectivity index (χ0) is 16.9. The van der Waals surface area contributed by atoms with Gasteiger partial charge in [-0.3, -0.25) is 14.3 Å². The molecule has 0 unspecified atom stereocenters. The minimum absolute atomic E-state index is 0.0141. The van der Waals surface area contributed by atoms with E-state index in [1.165, 1.54) is 11.1 Å². The fraction of sp³-hybridized carbons (Fsp3) is 0.471. The highest BCUT2D eigenvalue weighted by Crippen LogP contribution is 2.16. The van der Waals surface area contributed by atoms with Crippen molar-refractivity contribution < 1.29 is 14.0 Å². The van der Waals surface area contributed by atoms with E-state index in [0.717, 1.165) is 25.9 Å². The molecule has 7 heteroatoms. The Bertz CT molecular complexity index is 687. The molecular weight excluding hydrogens is 308 g/mol. The summed E-state index contributed by atoms with van der Waals surface area (Å²) >= 11 is 0. The summed E-state index contributed by atoms with van der Waals surface area (Å²) in [6.07, 6.45) is 6.54. The van der Waals surface area contributed by atoms with Crippen LogP contribution in [-0.4, -0.2) is 45.6 Å². The zero-order valence-corrected chi connectivity index (χ0v) is 13.8. The molecule has 0 aliphatic carbocycles. The van der Waals surface area contributed by atoms with E-state index in [2.05, 4.69) is 10.4 Å². The SMILES string of the molecule is C[C@H](NC(=O)Cn1ccc(-c2ccco2)n1)C(=O)N1CCCCC1. The first-order valence-corrected chi connectivity index (χ1v) is 8.29. The van der Waals surface area contributed by atoms with Gasteiger partial charge in [0.05, 0.1) is 6.26 Å². The average Bonchev–Trinajstić information content (AvgIpc) is 3.26. The number of carbonyl (C=O) groups is 2. The summed E-state index contributed by atoms with van der Waals surface area (Å²) in [6.45, 7) is 3.36. The number of piperidine rings is 1. The molecule has 2 amide bonds.